The highest BCUT2D eigenvalue weighted by Crippen LogP contribution is 2.29. The molecule has 1 atom stereocenters. The zero-order valence-corrected chi connectivity index (χ0v) is 15.4. The van der Waals surface area contributed by atoms with Gasteiger partial charge >= 0.3 is 0 Å². The Morgan fingerprint density at radius 1 is 1.21 bits per heavy atom. The van der Waals surface area contributed by atoms with Crippen molar-refractivity contribution in [1.29, 1.82) is 0 Å². The molecule has 2 saturated heterocycles. The van der Waals surface area contributed by atoms with Gasteiger partial charge in [-0.1, -0.05) is 27.7 Å². The fourth-order valence-electron chi connectivity index (χ4n) is 2.37. The van der Waals surface area contributed by atoms with E-state index in [-0.39, 0.29) is 30.0 Å². The number of carbonyl (C=O) groups excluding carboxylic acids is 4. The van der Waals surface area contributed by atoms with Gasteiger partial charge in [-0.3, -0.25) is 29.4 Å². The largest absolute Gasteiger partial charge is 0.349 e. The maximum atomic E-state index is 12.0. The number of hydrogen-bond donors (Lipinski definition) is 1. The van der Waals surface area contributed by atoms with Gasteiger partial charge in [-0.05, 0) is 36.0 Å². The Balaban J connectivity index is 1.80. The van der Waals surface area contributed by atoms with Crippen LogP contribution in [0, 0.1) is 0 Å². The molecule has 4 amide bonds. The Morgan fingerprint density at radius 3 is 2.46 bits per heavy atom. The van der Waals surface area contributed by atoms with Crippen LogP contribution in [0.25, 0.3) is 0 Å². The summed E-state index contributed by atoms with van der Waals surface area (Å²) in [5.41, 5.74) is 0.729. The van der Waals surface area contributed by atoms with E-state index in [0.717, 1.165) is 33.7 Å². The number of carbonyl (C=O) groups is 4. The number of hydrogen-bond acceptors (Lipinski definition) is 7. The Labute approximate surface area is 154 Å². The molecule has 7 nitrogen and oxygen atoms in total. The number of nitrogens with zero attached hydrogens (tertiary/aromatic N) is 2. The van der Waals surface area contributed by atoms with Gasteiger partial charge in [0.15, 0.2) is 5.37 Å². The molecule has 24 heavy (non-hydrogen) atoms. The van der Waals surface area contributed by atoms with Crippen molar-refractivity contribution < 1.29 is 19.2 Å². The van der Waals surface area contributed by atoms with E-state index < -0.39 is 16.5 Å². The molecular weight excluding hydrogens is 418 g/mol. The lowest BCUT2D eigenvalue weighted by Crippen LogP contribution is -2.44. The minimum atomic E-state index is -0.723. The van der Waals surface area contributed by atoms with Gasteiger partial charge < -0.3 is 4.90 Å². The van der Waals surface area contributed by atoms with Crippen molar-refractivity contribution in [2.24, 2.45) is 0 Å². The molecule has 2 fully saturated rings. The molecule has 126 valence electrons. The van der Waals surface area contributed by atoms with Gasteiger partial charge in [0, 0.05) is 23.2 Å². The summed E-state index contributed by atoms with van der Waals surface area (Å²) in [6.07, 6.45) is 0. The van der Waals surface area contributed by atoms with Crippen molar-refractivity contribution >= 4 is 67.4 Å². The third-order valence-electron chi connectivity index (χ3n) is 3.51. The number of nitrogens with one attached hydrogen (secondary N) is 1. The normalized spacial score (nSPS) is 20.7. The minimum absolute atomic E-state index is 0.147. The second-order valence-electron chi connectivity index (χ2n) is 5.02. The van der Waals surface area contributed by atoms with Gasteiger partial charge in [-0.2, -0.15) is 0 Å². The summed E-state index contributed by atoms with van der Waals surface area (Å²) in [5.74, 6) is -0.490. The molecule has 10 heteroatoms. The zero-order valence-electron chi connectivity index (χ0n) is 12.2. The van der Waals surface area contributed by atoms with E-state index in [2.05, 4.69) is 21.2 Å². The highest BCUT2D eigenvalue weighted by atomic mass is 79.9. The number of anilines is 1. The molecule has 2 heterocycles. The number of imide groups is 2. The van der Waals surface area contributed by atoms with Crippen molar-refractivity contribution in [3.05, 3.63) is 28.7 Å². The minimum Gasteiger partial charge on any atom is -0.349 e. The second-order valence-corrected chi connectivity index (χ2v) is 7.91. The zero-order chi connectivity index (χ0) is 17.3. The third kappa shape index (κ3) is 3.60. The van der Waals surface area contributed by atoms with E-state index in [1.807, 2.05) is 24.3 Å². The van der Waals surface area contributed by atoms with Crippen molar-refractivity contribution in [1.82, 2.24) is 10.2 Å². The first-order valence-electron chi connectivity index (χ1n) is 6.96. The highest BCUT2D eigenvalue weighted by molar-refractivity contribution is 9.10. The number of halogens is 1. The van der Waals surface area contributed by atoms with Crippen molar-refractivity contribution in [3.8, 4) is 0 Å². The summed E-state index contributed by atoms with van der Waals surface area (Å²) >= 11 is 5.21. The van der Waals surface area contributed by atoms with Gasteiger partial charge in [-0.25, -0.2) is 0 Å². The summed E-state index contributed by atoms with van der Waals surface area (Å²) < 4.78 is 0.882. The van der Waals surface area contributed by atoms with E-state index in [4.69, 9.17) is 0 Å². The van der Waals surface area contributed by atoms with Crippen LogP contribution in [0.4, 0.5) is 15.3 Å². The number of amides is 4. The first-order chi connectivity index (χ1) is 11.5. The monoisotopic (exact) mass is 429 g/mol. The van der Waals surface area contributed by atoms with E-state index in [1.165, 1.54) is 4.90 Å². The molecule has 0 aromatic heterocycles. The standard InChI is InChI=1S/C14H12BrN3O4S2/c15-8-1-3-9(4-2-8)17(12-11(20)16-13(21)24-12)5-6-18-10(19)7-23-14(18)22/h1-4,12H,5-7H2,(H,16,20,21)/t12-/m0/s1. The smallest absolute Gasteiger partial charge is 0.288 e. The summed E-state index contributed by atoms with van der Waals surface area (Å²) in [6.45, 7) is 0.428. The summed E-state index contributed by atoms with van der Waals surface area (Å²) in [5, 5.41) is 0.845. The molecule has 1 aromatic rings. The van der Waals surface area contributed by atoms with Gasteiger partial charge in [0.25, 0.3) is 16.4 Å². The quantitative estimate of drug-likeness (QED) is 0.767. The van der Waals surface area contributed by atoms with Crippen molar-refractivity contribution in [2.45, 2.75) is 5.37 Å². The average molecular weight is 430 g/mol. The van der Waals surface area contributed by atoms with Crippen LogP contribution in [0.15, 0.2) is 28.7 Å². The van der Waals surface area contributed by atoms with Crippen LogP contribution in [0.3, 0.4) is 0 Å². The molecule has 2 aliphatic heterocycles. The molecule has 3 rings (SSSR count). The lowest BCUT2D eigenvalue weighted by Gasteiger charge is -2.29. The molecule has 0 bridgehead atoms. The molecule has 0 aliphatic carbocycles. The van der Waals surface area contributed by atoms with Crippen LogP contribution in [0.1, 0.15) is 0 Å². The number of benzene rings is 1. The summed E-state index contributed by atoms with van der Waals surface area (Å²) in [6, 6.07) is 7.26. The summed E-state index contributed by atoms with van der Waals surface area (Å²) in [4.78, 5) is 49.9. The van der Waals surface area contributed by atoms with Gasteiger partial charge in [0.05, 0.1) is 5.75 Å². The van der Waals surface area contributed by atoms with Crippen LogP contribution in [-0.4, -0.2) is 51.4 Å². The Morgan fingerprint density at radius 2 is 1.92 bits per heavy atom. The maximum absolute atomic E-state index is 12.0. The molecule has 0 unspecified atom stereocenters. The lowest BCUT2D eigenvalue weighted by molar-refractivity contribution is -0.124. The molecule has 0 saturated carbocycles. The Kier molecular flexibility index (Phi) is 5.16. The molecule has 2 aliphatic rings. The first-order valence-corrected chi connectivity index (χ1v) is 9.62. The van der Waals surface area contributed by atoms with Crippen LogP contribution in [0.2, 0.25) is 0 Å². The predicted molar refractivity (Wildman–Crippen MR) is 96.0 cm³/mol. The first kappa shape index (κ1) is 17.3. The van der Waals surface area contributed by atoms with E-state index >= 15 is 0 Å². The van der Waals surface area contributed by atoms with Gasteiger partial charge in [0.1, 0.15) is 0 Å². The van der Waals surface area contributed by atoms with E-state index in [1.54, 1.807) is 4.90 Å². The van der Waals surface area contributed by atoms with Gasteiger partial charge in [0.2, 0.25) is 5.91 Å². The Hall–Kier alpha value is -1.52. The van der Waals surface area contributed by atoms with E-state index in [9.17, 15) is 19.2 Å². The Bertz CT molecular complexity index is 696. The van der Waals surface area contributed by atoms with Crippen LogP contribution >= 0.6 is 39.5 Å². The molecular formula is C14H12BrN3O4S2. The molecule has 0 spiro atoms. The van der Waals surface area contributed by atoms with Crippen LogP contribution in [0.5, 0.6) is 0 Å². The average Bonchev–Trinajstić information content (AvgIpc) is 3.04. The SMILES string of the molecule is O=C1NC(=O)[C@@H](N(CCN2C(=O)CSC2=O)c2ccc(Br)cc2)S1. The second kappa shape index (κ2) is 7.16. The molecule has 1 N–H and O–H groups in total. The van der Waals surface area contributed by atoms with Crippen molar-refractivity contribution in [2.75, 3.05) is 23.7 Å². The number of rotatable bonds is 5. The van der Waals surface area contributed by atoms with Crippen molar-refractivity contribution in [3.63, 3.8) is 0 Å². The fourth-order valence-corrected chi connectivity index (χ4v) is 4.27. The number of thioether (sulfide) groups is 2. The van der Waals surface area contributed by atoms with E-state index in [0.29, 0.717) is 0 Å². The fraction of sp³-hybridized carbons (Fsp3) is 0.286. The third-order valence-corrected chi connectivity index (χ3v) is 5.91. The molecule has 0 radical (unpaired) electrons. The predicted octanol–water partition coefficient (Wildman–Crippen LogP) is 2.26. The topological polar surface area (TPSA) is 86.8 Å². The van der Waals surface area contributed by atoms with Crippen LogP contribution < -0.4 is 10.2 Å². The van der Waals surface area contributed by atoms with Gasteiger partial charge in [-0.15, -0.1) is 0 Å². The highest BCUT2D eigenvalue weighted by Gasteiger charge is 2.38. The van der Waals surface area contributed by atoms with Crippen LogP contribution in [-0.2, 0) is 9.59 Å². The molecule has 1 aromatic carbocycles. The maximum Gasteiger partial charge on any atom is 0.288 e. The lowest BCUT2D eigenvalue weighted by atomic mass is 10.2. The summed E-state index contributed by atoms with van der Waals surface area (Å²) in [7, 11) is 0.